The van der Waals surface area contributed by atoms with Crippen molar-refractivity contribution in [1.29, 1.82) is 0 Å². The lowest BCUT2D eigenvalue weighted by Gasteiger charge is -2.05. The predicted octanol–water partition coefficient (Wildman–Crippen LogP) is 3.74. The van der Waals surface area contributed by atoms with Crippen molar-refractivity contribution < 1.29 is 4.79 Å². The number of rotatable bonds is 3. The van der Waals surface area contributed by atoms with Gasteiger partial charge in [0.05, 0.1) is 0 Å². The molecule has 1 nitrogen and oxygen atoms in total. The van der Waals surface area contributed by atoms with Crippen molar-refractivity contribution in [2.45, 2.75) is 26.2 Å². The zero-order valence-electron chi connectivity index (χ0n) is 8.22. The Balaban J connectivity index is 2.21. The summed E-state index contributed by atoms with van der Waals surface area (Å²) in [5.41, 5.74) is 1.98. The maximum Gasteiger partial charge on any atom is 0.164 e. The molecule has 0 atom stereocenters. The summed E-state index contributed by atoms with van der Waals surface area (Å²) >= 11 is 3.47. The molecule has 1 saturated carbocycles. The number of ketones is 1. The van der Waals surface area contributed by atoms with Gasteiger partial charge in [-0.1, -0.05) is 18.2 Å². The molecule has 0 bridgehead atoms. The Morgan fingerprint density at radius 2 is 2.21 bits per heavy atom. The molecule has 0 spiro atoms. The fourth-order valence-corrected chi connectivity index (χ4v) is 2.04. The zero-order chi connectivity index (χ0) is 10.1. The van der Waals surface area contributed by atoms with Crippen LogP contribution in [0, 0.1) is 12.8 Å². The van der Waals surface area contributed by atoms with Crippen LogP contribution < -0.4 is 0 Å². The summed E-state index contributed by atoms with van der Waals surface area (Å²) < 4.78 is 0.964. The number of halogens is 1. The second-order valence-electron chi connectivity index (χ2n) is 4.01. The van der Waals surface area contributed by atoms with Gasteiger partial charge in [0.1, 0.15) is 0 Å². The van der Waals surface area contributed by atoms with Gasteiger partial charge in [0, 0.05) is 16.5 Å². The molecule has 0 heterocycles. The smallest absolute Gasteiger partial charge is 0.164 e. The maximum atomic E-state index is 11.8. The molecule has 1 aliphatic rings. The van der Waals surface area contributed by atoms with Gasteiger partial charge in [-0.25, -0.2) is 0 Å². The van der Waals surface area contributed by atoms with Crippen LogP contribution in [0.25, 0.3) is 0 Å². The van der Waals surface area contributed by atoms with E-state index in [4.69, 9.17) is 0 Å². The van der Waals surface area contributed by atoms with Crippen molar-refractivity contribution in [2.24, 2.45) is 5.92 Å². The Morgan fingerprint density at radius 1 is 1.50 bits per heavy atom. The lowest BCUT2D eigenvalue weighted by Crippen LogP contribution is -2.01. The molecule has 0 N–H and O–H groups in total. The molecule has 2 heteroatoms. The van der Waals surface area contributed by atoms with E-state index in [2.05, 4.69) is 15.9 Å². The monoisotopic (exact) mass is 252 g/mol. The minimum absolute atomic E-state index is 0.281. The number of Topliss-reactive ketones (excluding diaryl/α,β-unsaturated/α-hetero) is 1. The molecule has 0 radical (unpaired) electrons. The molecule has 74 valence electrons. The SMILES string of the molecule is Cc1cccc(C(=O)CC2CC2)c1Br. The molecule has 14 heavy (non-hydrogen) atoms. The summed E-state index contributed by atoms with van der Waals surface area (Å²) in [6.45, 7) is 2.01. The normalized spacial score (nSPS) is 15.6. The molecule has 0 aliphatic heterocycles. The molecule has 1 aromatic carbocycles. The minimum Gasteiger partial charge on any atom is -0.294 e. The van der Waals surface area contributed by atoms with E-state index in [9.17, 15) is 4.79 Å². The molecule has 0 aromatic heterocycles. The Labute approximate surface area is 92.6 Å². The Kier molecular flexibility index (Phi) is 2.73. The maximum absolute atomic E-state index is 11.8. The van der Waals surface area contributed by atoms with Crippen LogP contribution in [0.1, 0.15) is 35.2 Å². The van der Waals surface area contributed by atoms with Crippen LogP contribution >= 0.6 is 15.9 Å². The molecule has 1 aromatic rings. The lowest BCUT2D eigenvalue weighted by molar-refractivity contribution is 0.0975. The van der Waals surface area contributed by atoms with Gasteiger partial charge < -0.3 is 0 Å². The Morgan fingerprint density at radius 3 is 2.86 bits per heavy atom. The average molecular weight is 253 g/mol. The van der Waals surface area contributed by atoms with E-state index >= 15 is 0 Å². The third-order valence-electron chi connectivity index (χ3n) is 2.66. The highest BCUT2D eigenvalue weighted by Crippen LogP contribution is 2.34. The van der Waals surface area contributed by atoms with Crippen molar-refractivity contribution in [2.75, 3.05) is 0 Å². The first-order valence-corrected chi connectivity index (χ1v) is 5.76. The van der Waals surface area contributed by atoms with Gasteiger partial charge in [-0.3, -0.25) is 4.79 Å². The van der Waals surface area contributed by atoms with E-state index < -0.39 is 0 Å². The third kappa shape index (κ3) is 2.06. The first-order chi connectivity index (χ1) is 6.68. The highest BCUT2D eigenvalue weighted by molar-refractivity contribution is 9.10. The Hall–Kier alpha value is -0.630. The van der Waals surface area contributed by atoms with Crippen molar-refractivity contribution in [1.82, 2.24) is 0 Å². The zero-order valence-corrected chi connectivity index (χ0v) is 9.80. The summed E-state index contributed by atoms with van der Waals surface area (Å²) in [4.78, 5) is 11.8. The summed E-state index contributed by atoms with van der Waals surface area (Å²) in [7, 11) is 0. The fraction of sp³-hybridized carbons (Fsp3) is 0.417. The topological polar surface area (TPSA) is 17.1 Å². The quantitative estimate of drug-likeness (QED) is 0.750. The van der Waals surface area contributed by atoms with Crippen LogP contribution in [-0.4, -0.2) is 5.78 Å². The van der Waals surface area contributed by atoms with E-state index in [0.717, 1.165) is 22.0 Å². The van der Waals surface area contributed by atoms with E-state index in [1.807, 2.05) is 25.1 Å². The summed E-state index contributed by atoms with van der Waals surface area (Å²) in [6, 6.07) is 5.86. The van der Waals surface area contributed by atoms with Gasteiger partial charge in [-0.15, -0.1) is 0 Å². The standard InChI is InChI=1S/C12H13BrO/c1-8-3-2-4-10(12(8)13)11(14)7-9-5-6-9/h2-4,9H,5-7H2,1H3. The van der Waals surface area contributed by atoms with Crippen LogP contribution in [0.15, 0.2) is 22.7 Å². The number of carbonyl (C=O) groups excluding carboxylic acids is 1. The number of aryl methyl sites for hydroxylation is 1. The number of carbonyl (C=O) groups is 1. The van der Waals surface area contributed by atoms with Gasteiger partial charge in [-0.05, 0) is 47.2 Å². The fourth-order valence-electron chi connectivity index (χ4n) is 1.56. The van der Waals surface area contributed by atoms with Crippen LogP contribution in [-0.2, 0) is 0 Å². The van der Waals surface area contributed by atoms with E-state index in [1.54, 1.807) is 0 Å². The van der Waals surface area contributed by atoms with E-state index in [-0.39, 0.29) is 5.78 Å². The summed E-state index contributed by atoms with van der Waals surface area (Å²) in [6.07, 6.45) is 3.19. The molecule has 0 saturated heterocycles. The first kappa shape index (κ1) is 9.91. The van der Waals surface area contributed by atoms with E-state index in [0.29, 0.717) is 5.92 Å². The second-order valence-corrected chi connectivity index (χ2v) is 4.80. The molecule has 2 rings (SSSR count). The number of hydrogen-bond donors (Lipinski definition) is 0. The van der Waals surface area contributed by atoms with Crippen LogP contribution in [0.2, 0.25) is 0 Å². The van der Waals surface area contributed by atoms with Crippen molar-refractivity contribution in [3.8, 4) is 0 Å². The predicted molar refractivity (Wildman–Crippen MR) is 60.6 cm³/mol. The molecule has 1 fully saturated rings. The number of hydrogen-bond acceptors (Lipinski definition) is 1. The van der Waals surface area contributed by atoms with Crippen LogP contribution in [0.3, 0.4) is 0 Å². The number of benzene rings is 1. The molecule has 0 amide bonds. The molecule has 1 aliphatic carbocycles. The van der Waals surface area contributed by atoms with Gasteiger partial charge in [-0.2, -0.15) is 0 Å². The van der Waals surface area contributed by atoms with Crippen molar-refractivity contribution in [3.05, 3.63) is 33.8 Å². The van der Waals surface area contributed by atoms with E-state index in [1.165, 1.54) is 12.8 Å². The minimum atomic E-state index is 0.281. The Bertz CT molecular complexity index is 367. The van der Waals surface area contributed by atoms with Crippen molar-refractivity contribution in [3.63, 3.8) is 0 Å². The summed E-state index contributed by atoms with van der Waals surface area (Å²) in [5, 5.41) is 0. The largest absolute Gasteiger partial charge is 0.294 e. The lowest BCUT2D eigenvalue weighted by atomic mass is 10.0. The highest BCUT2D eigenvalue weighted by atomic mass is 79.9. The van der Waals surface area contributed by atoms with Gasteiger partial charge in [0.2, 0.25) is 0 Å². The van der Waals surface area contributed by atoms with Gasteiger partial charge in [0.15, 0.2) is 5.78 Å². The second kappa shape index (κ2) is 3.85. The first-order valence-electron chi connectivity index (χ1n) is 4.97. The van der Waals surface area contributed by atoms with Gasteiger partial charge >= 0.3 is 0 Å². The summed E-state index contributed by atoms with van der Waals surface area (Å²) in [5.74, 6) is 0.943. The van der Waals surface area contributed by atoms with Crippen LogP contribution in [0.4, 0.5) is 0 Å². The molecule has 0 unspecified atom stereocenters. The third-order valence-corrected chi connectivity index (χ3v) is 3.72. The molecular formula is C12H13BrO. The van der Waals surface area contributed by atoms with Crippen LogP contribution in [0.5, 0.6) is 0 Å². The average Bonchev–Trinajstić information content (AvgIpc) is 2.93. The molecular weight excluding hydrogens is 240 g/mol. The van der Waals surface area contributed by atoms with Crippen molar-refractivity contribution >= 4 is 21.7 Å². The highest BCUT2D eigenvalue weighted by Gasteiger charge is 2.25. The van der Waals surface area contributed by atoms with Gasteiger partial charge in [0.25, 0.3) is 0 Å².